The molecule has 0 aliphatic heterocycles. The number of sulfonamides is 1. The summed E-state index contributed by atoms with van der Waals surface area (Å²) in [6.45, 7) is -0.651. The molecule has 2 N–H and O–H groups in total. The number of anilines is 1. The first kappa shape index (κ1) is 15.3. The fourth-order valence-electron chi connectivity index (χ4n) is 1.68. The van der Waals surface area contributed by atoms with Gasteiger partial charge in [-0.3, -0.25) is 4.72 Å². The minimum atomic E-state index is -4.37. The first-order valence-corrected chi connectivity index (χ1v) is 7.19. The predicted octanol–water partition coefficient (Wildman–Crippen LogP) is 2.40. The monoisotopic (exact) mass is 317 g/mol. The molecule has 0 aliphatic rings. The summed E-state index contributed by atoms with van der Waals surface area (Å²) in [7, 11) is -4.37. The summed E-state index contributed by atoms with van der Waals surface area (Å²) in [6.07, 6.45) is 0. The van der Waals surface area contributed by atoms with Gasteiger partial charge in [0.15, 0.2) is 0 Å². The summed E-state index contributed by atoms with van der Waals surface area (Å²) in [6, 6.07) is 5.00. The average molecular weight is 317 g/mol. The standard InChI is InChI=1S/C13H10F3NO3S/c14-9-3-4-11(16)12(5-9)17-21(19,20)13-6-10(15)2-1-8(13)7-18/h1-6,17-18H,7H2. The summed E-state index contributed by atoms with van der Waals surface area (Å²) in [5, 5.41) is 9.09. The number of aliphatic hydroxyl groups is 1. The Morgan fingerprint density at radius 3 is 2.29 bits per heavy atom. The second-order valence-electron chi connectivity index (χ2n) is 4.14. The van der Waals surface area contributed by atoms with E-state index in [0.29, 0.717) is 12.1 Å². The van der Waals surface area contributed by atoms with E-state index in [0.717, 1.165) is 24.3 Å². The molecule has 0 aromatic heterocycles. The Kier molecular flexibility index (Phi) is 4.19. The van der Waals surface area contributed by atoms with Crippen molar-refractivity contribution in [2.75, 3.05) is 4.72 Å². The van der Waals surface area contributed by atoms with E-state index in [1.165, 1.54) is 0 Å². The predicted molar refractivity (Wildman–Crippen MR) is 69.5 cm³/mol. The number of nitrogens with one attached hydrogen (secondary N) is 1. The molecular weight excluding hydrogens is 307 g/mol. The van der Waals surface area contributed by atoms with Crippen molar-refractivity contribution in [3.05, 3.63) is 59.4 Å². The summed E-state index contributed by atoms with van der Waals surface area (Å²) in [5.74, 6) is -2.66. The highest BCUT2D eigenvalue weighted by molar-refractivity contribution is 7.92. The van der Waals surface area contributed by atoms with Gasteiger partial charge < -0.3 is 5.11 Å². The molecule has 2 aromatic carbocycles. The molecule has 2 aromatic rings. The van der Waals surface area contributed by atoms with Gasteiger partial charge in [0.1, 0.15) is 17.5 Å². The van der Waals surface area contributed by atoms with Gasteiger partial charge in [0.25, 0.3) is 10.0 Å². The Labute approximate surface area is 118 Å². The molecule has 0 amide bonds. The molecule has 0 fully saturated rings. The molecule has 2 rings (SSSR count). The van der Waals surface area contributed by atoms with E-state index >= 15 is 0 Å². The molecule has 0 atom stereocenters. The van der Waals surface area contributed by atoms with Crippen molar-refractivity contribution in [3.63, 3.8) is 0 Å². The molecule has 0 bridgehead atoms. The van der Waals surface area contributed by atoms with Gasteiger partial charge in [-0.25, -0.2) is 21.6 Å². The van der Waals surface area contributed by atoms with Crippen LogP contribution in [0.1, 0.15) is 5.56 Å². The molecular formula is C13H10F3NO3S. The van der Waals surface area contributed by atoms with Crippen molar-refractivity contribution in [1.29, 1.82) is 0 Å². The largest absolute Gasteiger partial charge is 0.392 e. The molecule has 0 saturated heterocycles. The van der Waals surface area contributed by atoms with E-state index in [9.17, 15) is 21.6 Å². The van der Waals surface area contributed by atoms with Crippen molar-refractivity contribution < 1.29 is 26.7 Å². The number of aliphatic hydroxyl groups excluding tert-OH is 1. The highest BCUT2D eigenvalue weighted by atomic mass is 32.2. The van der Waals surface area contributed by atoms with Crippen LogP contribution >= 0.6 is 0 Å². The van der Waals surface area contributed by atoms with Crippen LogP contribution in [0.25, 0.3) is 0 Å². The lowest BCUT2D eigenvalue weighted by Gasteiger charge is -2.12. The summed E-state index contributed by atoms with van der Waals surface area (Å²) in [4.78, 5) is -0.548. The van der Waals surface area contributed by atoms with Crippen LogP contribution in [0.2, 0.25) is 0 Å². The molecule has 0 spiro atoms. The van der Waals surface area contributed by atoms with Crippen LogP contribution in [0.4, 0.5) is 18.9 Å². The van der Waals surface area contributed by atoms with E-state index in [-0.39, 0.29) is 5.56 Å². The molecule has 4 nitrogen and oxygen atoms in total. The summed E-state index contributed by atoms with van der Waals surface area (Å²) < 4.78 is 65.7. The maximum atomic E-state index is 13.5. The van der Waals surface area contributed by atoms with E-state index in [1.54, 1.807) is 0 Å². The van der Waals surface area contributed by atoms with Gasteiger partial charge in [0.2, 0.25) is 0 Å². The second kappa shape index (κ2) is 5.74. The highest BCUT2D eigenvalue weighted by Gasteiger charge is 2.21. The van der Waals surface area contributed by atoms with Gasteiger partial charge in [-0.15, -0.1) is 0 Å². The SMILES string of the molecule is O=S(=O)(Nc1cc(F)ccc1F)c1cc(F)ccc1CO. The van der Waals surface area contributed by atoms with Gasteiger partial charge in [-0.05, 0) is 29.8 Å². The van der Waals surface area contributed by atoms with Crippen LogP contribution in [-0.4, -0.2) is 13.5 Å². The van der Waals surface area contributed by atoms with Crippen LogP contribution in [0, 0.1) is 17.5 Å². The Morgan fingerprint density at radius 2 is 1.62 bits per heavy atom. The zero-order valence-corrected chi connectivity index (χ0v) is 11.3. The molecule has 21 heavy (non-hydrogen) atoms. The van der Waals surface area contributed by atoms with Crippen LogP contribution in [-0.2, 0) is 16.6 Å². The number of rotatable bonds is 4. The fraction of sp³-hybridized carbons (Fsp3) is 0.0769. The molecule has 0 radical (unpaired) electrons. The fourth-order valence-corrected chi connectivity index (χ4v) is 2.99. The van der Waals surface area contributed by atoms with Crippen molar-refractivity contribution in [2.24, 2.45) is 0 Å². The third-order valence-electron chi connectivity index (χ3n) is 2.66. The van der Waals surface area contributed by atoms with E-state index in [4.69, 9.17) is 5.11 Å². The first-order valence-electron chi connectivity index (χ1n) is 5.70. The molecule has 0 heterocycles. The normalized spacial score (nSPS) is 11.4. The van der Waals surface area contributed by atoms with Gasteiger partial charge in [0, 0.05) is 6.07 Å². The van der Waals surface area contributed by atoms with E-state index < -0.39 is 44.7 Å². The number of benzene rings is 2. The first-order chi connectivity index (χ1) is 9.83. The number of hydrogen-bond donors (Lipinski definition) is 2. The Bertz CT molecular complexity index is 778. The van der Waals surface area contributed by atoms with Crippen LogP contribution in [0.5, 0.6) is 0 Å². The van der Waals surface area contributed by atoms with E-state index in [1.807, 2.05) is 4.72 Å². The van der Waals surface area contributed by atoms with Crippen LogP contribution in [0.15, 0.2) is 41.3 Å². The highest BCUT2D eigenvalue weighted by Crippen LogP contribution is 2.23. The Balaban J connectivity index is 2.48. The number of hydrogen-bond acceptors (Lipinski definition) is 3. The van der Waals surface area contributed by atoms with E-state index in [2.05, 4.69) is 0 Å². The van der Waals surface area contributed by atoms with Gasteiger partial charge in [-0.2, -0.15) is 0 Å². The lowest BCUT2D eigenvalue weighted by Crippen LogP contribution is -2.16. The molecule has 112 valence electrons. The maximum absolute atomic E-state index is 13.5. The molecule has 0 unspecified atom stereocenters. The van der Waals surface area contributed by atoms with Crippen molar-refractivity contribution in [3.8, 4) is 0 Å². The quantitative estimate of drug-likeness (QED) is 0.910. The third-order valence-corrected chi connectivity index (χ3v) is 4.11. The minimum Gasteiger partial charge on any atom is -0.392 e. The molecule has 0 saturated carbocycles. The van der Waals surface area contributed by atoms with Gasteiger partial charge in [0.05, 0.1) is 17.2 Å². The topological polar surface area (TPSA) is 66.4 Å². The zero-order chi connectivity index (χ0) is 15.6. The smallest absolute Gasteiger partial charge is 0.262 e. The summed E-state index contributed by atoms with van der Waals surface area (Å²) >= 11 is 0. The van der Waals surface area contributed by atoms with Crippen molar-refractivity contribution in [1.82, 2.24) is 0 Å². The third kappa shape index (κ3) is 3.34. The van der Waals surface area contributed by atoms with Gasteiger partial charge >= 0.3 is 0 Å². The zero-order valence-electron chi connectivity index (χ0n) is 10.5. The Morgan fingerprint density at radius 1 is 1.00 bits per heavy atom. The average Bonchev–Trinajstić information content (AvgIpc) is 2.42. The van der Waals surface area contributed by atoms with Crippen molar-refractivity contribution >= 4 is 15.7 Å². The lowest BCUT2D eigenvalue weighted by atomic mass is 10.2. The minimum absolute atomic E-state index is 0.0688. The van der Waals surface area contributed by atoms with Gasteiger partial charge in [-0.1, -0.05) is 6.07 Å². The van der Waals surface area contributed by atoms with Crippen LogP contribution in [0.3, 0.4) is 0 Å². The Hall–Kier alpha value is -2.06. The summed E-state index contributed by atoms with van der Waals surface area (Å²) in [5.41, 5.74) is -0.677. The lowest BCUT2D eigenvalue weighted by molar-refractivity contribution is 0.278. The number of halogens is 3. The maximum Gasteiger partial charge on any atom is 0.262 e. The molecule has 8 heteroatoms. The van der Waals surface area contributed by atoms with Crippen molar-refractivity contribution in [2.45, 2.75) is 11.5 Å². The van der Waals surface area contributed by atoms with Crippen LogP contribution < -0.4 is 4.72 Å². The second-order valence-corrected chi connectivity index (χ2v) is 5.79. The molecule has 0 aliphatic carbocycles.